The quantitative estimate of drug-likeness (QED) is 0.807. The Kier molecular flexibility index (Phi) is 6.59. The highest BCUT2D eigenvalue weighted by Gasteiger charge is 2.29. The van der Waals surface area contributed by atoms with Gasteiger partial charge in [-0.3, -0.25) is 4.79 Å². The molecule has 1 N–H and O–H groups in total. The first-order valence-electron chi connectivity index (χ1n) is 9.19. The molecule has 0 spiro atoms. The third kappa shape index (κ3) is 5.50. The zero-order valence-corrected chi connectivity index (χ0v) is 16.2. The van der Waals surface area contributed by atoms with Crippen LogP contribution in [0.5, 0.6) is 0 Å². The summed E-state index contributed by atoms with van der Waals surface area (Å²) >= 11 is 0. The number of piperidine rings is 1. The van der Waals surface area contributed by atoms with E-state index in [-0.39, 0.29) is 24.2 Å². The molecule has 1 fully saturated rings. The third-order valence-electron chi connectivity index (χ3n) is 4.77. The minimum absolute atomic E-state index is 0.124. The van der Waals surface area contributed by atoms with Gasteiger partial charge in [0.05, 0.1) is 0 Å². The lowest BCUT2D eigenvalue weighted by molar-refractivity contribution is -0.126. The highest BCUT2D eigenvalue weighted by atomic mass is 32.2. The van der Waals surface area contributed by atoms with E-state index in [1.807, 2.05) is 30.3 Å². The normalized spacial score (nSPS) is 16.3. The number of carbonyl (C=O) groups is 1. The number of amides is 1. The van der Waals surface area contributed by atoms with Gasteiger partial charge in [0.25, 0.3) is 0 Å². The standard InChI is InChI=1S/C21H23FN2O3S/c22-20-8-4-7-18(15-20)16-23-21(25)19-9-12-24(13-10-19)28(26,27)14-11-17-5-2-1-3-6-17/h1-8,11,14-15,19H,9-10,12-13,16H2,(H,23,25)/b14-11+. The molecule has 7 heteroatoms. The van der Waals surface area contributed by atoms with Crippen LogP contribution in [0.3, 0.4) is 0 Å². The summed E-state index contributed by atoms with van der Waals surface area (Å²) < 4.78 is 39.6. The van der Waals surface area contributed by atoms with Gasteiger partial charge >= 0.3 is 0 Å². The van der Waals surface area contributed by atoms with E-state index in [0.29, 0.717) is 31.5 Å². The van der Waals surface area contributed by atoms with Crippen molar-refractivity contribution in [1.82, 2.24) is 9.62 Å². The summed E-state index contributed by atoms with van der Waals surface area (Å²) in [6, 6.07) is 15.3. The van der Waals surface area contributed by atoms with E-state index in [1.165, 1.54) is 21.8 Å². The number of benzene rings is 2. The molecule has 0 saturated carbocycles. The molecule has 0 unspecified atom stereocenters. The molecule has 1 aliphatic rings. The Hall–Kier alpha value is -2.51. The van der Waals surface area contributed by atoms with Gasteiger partial charge < -0.3 is 5.32 Å². The number of hydrogen-bond donors (Lipinski definition) is 1. The molecule has 5 nitrogen and oxygen atoms in total. The van der Waals surface area contributed by atoms with Crippen LogP contribution < -0.4 is 5.32 Å². The fourth-order valence-electron chi connectivity index (χ4n) is 3.17. The molecular formula is C21H23FN2O3S. The first-order chi connectivity index (χ1) is 13.4. The average Bonchev–Trinajstić information content (AvgIpc) is 2.71. The van der Waals surface area contributed by atoms with Gasteiger partial charge in [-0.05, 0) is 42.2 Å². The molecule has 1 saturated heterocycles. The molecule has 0 aromatic heterocycles. The molecule has 2 aromatic rings. The van der Waals surface area contributed by atoms with Crippen molar-refractivity contribution in [3.05, 3.63) is 76.9 Å². The zero-order chi connectivity index (χ0) is 20.0. The Morgan fingerprint density at radius 2 is 1.82 bits per heavy atom. The van der Waals surface area contributed by atoms with Crippen LogP contribution in [0.15, 0.2) is 60.0 Å². The predicted octanol–water partition coefficient (Wildman–Crippen LogP) is 3.15. The van der Waals surface area contributed by atoms with Gasteiger partial charge in [0.15, 0.2) is 0 Å². The van der Waals surface area contributed by atoms with Crippen molar-refractivity contribution < 1.29 is 17.6 Å². The summed E-state index contributed by atoms with van der Waals surface area (Å²) in [4.78, 5) is 12.3. The second-order valence-electron chi connectivity index (χ2n) is 6.78. The summed E-state index contributed by atoms with van der Waals surface area (Å²) in [5.41, 5.74) is 1.51. The van der Waals surface area contributed by atoms with Crippen LogP contribution in [0.25, 0.3) is 6.08 Å². The largest absolute Gasteiger partial charge is 0.352 e. The van der Waals surface area contributed by atoms with E-state index in [9.17, 15) is 17.6 Å². The maximum atomic E-state index is 13.2. The highest BCUT2D eigenvalue weighted by molar-refractivity contribution is 7.92. The van der Waals surface area contributed by atoms with Crippen LogP contribution >= 0.6 is 0 Å². The first-order valence-corrected chi connectivity index (χ1v) is 10.7. The minimum Gasteiger partial charge on any atom is -0.352 e. The number of hydrogen-bond acceptors (Lipinski definition) is 3. The zero-order valence-electron chi connectivity index (χ0n) is 15.4. The second-order valence-corrected chi connectivity index (χ2v) is 8.60. The number of rotatable bonds is 6. The summed E-state index contributed by atoms with van der Waals surface area (Å²) in [5, 5.41) is 4.02. The summed E-state index contributed by atoms with van der Waals surface area (Å²) in [6.45, 7) is 0.869. The number of nitrogens with zero attached hydrogens (tertiary/aromatic N) is 1. The SMILES string of the molecule is O=C(NCc1cccc(F)c1)C1CCN(S(=O)(=O)/C=C/c2ccccc2)CC1. The second kappa shape index (κ2) is 9.12. The Bertz CT molecular complexity index is 937. The molecule has 1 heterocycles. The monoisotopic (exact) mass is 402 g/mol. The van der Waals surface area contributed by atoms with Gasteiger partial charge in [-0.15, -0.1) is 0 Å². The van der Waals surface area contributed by atoms with Crippen molar-refractivity contribution in [2.45, 2.75) is 19.4 Å². The Morgan fingerprint density at radius 3 is 2.50 bits per heavy atom. The number of carbonyl (C=O) groups excluding carboxylic acids is 1. The Labute approximate surface area is 164 Å². The molecule has 0 radical (unpaired) electrons. The molecule has 3 rings (SSSR count). The molecule has 28 heavy (non-hydrogen) atoms. The van der Waals surface area contributed by atoms with Crippen LogP contribution in [0.4, 0.5) is 4.39 Å². The van der Waals surface area contributed by atoms with Gasteiger partial charge in [-0.25, -0.2) is 12.8 Å². The number of halogens is 1. The number of sulfonamides is 1. The third-order valence-corrected chi connectivity index (χ3v) is 6.34. The predicted molar refractivity (Wildman–Crippen MR) is 107 cm³/mol. The fraction of sp³-hybridized carbons (Fsp3) is 0.286. The Balaban J connectivity index is 1.50. The minimum atomic E-state index is -3.51. The summed E-state index contributed by atoms with van der Waals surface area (Å²) in [6.07, 6.45) is 2.51. The van der Waals surface area contributed by atoms with Gasteiger partial charge in [-0.1, -0.05) is 42.5 Å². The molecular weight excluding hydrogens is 379 g/mol. The van der Waals surface area contributed by atoms with Crippen molar-refractivity contribution in [3.8, 4) is 0 Å². The van der Waals surface area contributed by atoms with Crippen LogP contribution in [-0.4, -0.2) is 31.7 Å². The lowest BCUT2D eigenvalue weighted by Crippen LogP contribution is -2.42. The van der Waals surface area contributed by atoms with Crippen molar-refractivity contribution in [2.75, 3.05) is 13.1 Å². The van der Waals surface area contributed by atoms with Crippen molar-refractivity contribution in [3.63, 3.8) is 0 Å². The molecule has 1 aliphatic heterocycles. The van der Waals surface area contributed by atoms with Crippen molar-refractivity contribution in [1.29, 1.82) is 0 Å². The maximum Gasteiger partial charge on any atom is 0.236 e. The van der Waals surface area contributed by atoms with E-state index >= 15 is 0 Å². The number of nitrogens with one attached hydrogen (secondary N) is 1. The topological polar surface area (TPSA) is 66.5 Å². The summed E-state index contributed by atoms with van der Waals surface area (Å²) in [5.74, 6) is -0.701. The van der Waals surface area contributed by atoms with Gasteiger partial charge in [-0.2, -0.15) is 4.31 Å². The highest BCUT2D eigenvalue weighted by Crippen LogP contribution is 2.21. The lowest BCUT2D eigenvalue weighted by atomic mass is 9.97. The van der Waals surface area contributed by atoms with Gasteiger partial charge in [0.1, 0.15) is 5.82 Å². The van der Waals surface area contributed by atoms with Crippen LogP contribution in [0.2, 0.25) is 0 Å². The smallest absolute Gasteiger partial charge is 0.236 e. The van der Waals surface area contributed by atoms with E-state index in [1.54, 1.807) is 18.2 Å². The molecule has 1 amide bonds. The lowest BCUT2D eigenvalue weighted by Gasteiger charge is -2.29. The average molecular weight is 402 g/mol. The van der Waals surface area contributed by atoms with E-state index in [0.717, 1.165) is 5.56 Å². The Morgan fingerprint density at radius 1 is 1.11 bits per heavy atom. The van der Waals surface area contributed by atoms with Gasteiger partial charge in [0, 0.05) is 31.0 Å². The molecule has 0 aliphatic carbocycles. The van der Waals surface area contributed by atoms with Crippen molar-refractivity contribution in [2.24, 2.45) is 5.92 Å². The fourth-order valence-corrected chi connectivity index (χ4v) is 4.39. The van der Waals surface area contributed by atoms with Crippen molar-refractivity contribution >= 4 is 22.0 Å². The van der Waals surface area contributed by atoms with E-state index in [2.05, 4.69) is 5.32 Å². The molecule has 0 atom stereocenters. The molecule has 148 valence electrons. The van der Waals surface area contributed by atoms with Crippen LogP contribution in [0, 0.1) is 11.7 Å². The van der Waals surface area contributed by atoms with E-state index < -0.39 is 10.0 Å². The maximum absolute atomic E-state index is 13.2. The van der Waals surface area contributed by atoms with E-state index in [4.69, 9.17) is 0 Å². The van der Waals surface area contributed by atoms with Crippen LogP contribution in [-0.2, 0) is 21.4 Å². The summed E-state index contributed by atoms with van der Waals surface area (Å²) in [7, 11) is -3.51. The first kappa shape index (κ1) is 20.2. The molecule has 0 bridgehead atoms. The van der Waals surface area contributed by atoms with Gasteiger partial charge in [0.2, 0.25) is 15.9 Å². The molecule has 2 aromatic carbocycles. The van der Waals surface area contributed by atoms with Crippen LogP contribution in [0.1, 0.15) is 24.0 Å².